The van der Waals surface area contributed by atoms with E-state index in [1.165, 1.54) is 0 Å². The quantitative estimate of drug-likeness (QED) is 0.813. The van der Waals surface area contributed by atoms with E-state index in [1.807, 2.05) is 52.0 Å². The van der Waals surface area contributed by atoms with Gasteiger partial charge in [0.05, 0.1) is 18.7 Å². The Morgan fingerprint density at radius 1 is 1.33 bits per heavy atom. The molecule has 3 unspecified atom stereocenters. The lowest BCUT2D eigenvalue weighted by atomic mass is 9.98. The molecule has 1 aromatic rings. The van der Waals surface area contributed by atoms with Crippen LogP contribution < -0.4 is 15.8 Å². The zero-order valence-corrected chi connectivity index (χ0v) is 14.1. The monoisotopic (exact) mass is 314 g/mol. The summed E-state index contributed by atoms with van der Waals surface area (Å²) in [5.41, 5.74) is 6.95. The van der Waals surface area contributed by atoms with Crippen molar-refractivity contribution >= 4 is 18.3 Å². The predicted octanol–water partition coefficient (Wildman–Crippen LogP) is 3.06. The zero-order chi connectivity index (χ0) is 15.1. The number of nitrogens with two attached hydrogens (primary N) is 1. The molecule has 0 heterocycles. The minimum Gasteiger partial charge on any atom is -0.494 e. The largest absolute Gasteiger partial charge is 0.494 e. The molecule has 1 aromatic carbocycles. The van der Waals surface area contributed by atoms with Crippen LogP contribution in [0.5, 0.6) is 5.75 Å². The molecular weight excluding hydrogens is 288 g/mol. The fourth-order valence-corrected chi connectivity index (χ4v) is 1.95. The molecule has 0 bridgehead atoms. The zero-order valence-electron chi connectivity index (χ0n) is 13.3. The van der Waals surface area contributed by atoms with Crippen molar-refractivity contribution in [1.29, 1.82) is 0 Å². The van der Waals surface area contributed by atoms with Crippen LogP contribution in [0.4, 0.5) is 0 Å². The van der Waals surface area contributed by atoms with Gasteiger partial charge in [0, 0.05) is 0 Å². The van der Waals surface area contributed by atoms with E-state index in [9.17, 15) is 4.79 Å². The maximum absolute atomic E-state index is 12.1. The van der Waals surface area contributed by atoms with E-state index in [0.717, 1.165) is 17.7 Å². The first kappa shape index (κ1) is 19.7. The van der Waals surface area contributed by atoms with Crippen molar-refractivity contribution in [2.45, 2.75) is 46.2 Å². The average Bonchev–Trinajstić information content (AvgIpc) is 2.46. The molecule has 0 aromatic heterocycles. The number of hydrogen-bond donors (Lipinski definition) is 2. The van der Waals surface area contributed by atoms with Gasteiger partial charge in [0.25, 0.3) is 0 Å². The van der Waals surface area contributed by atoms with Gasteiger partial charge >= 0.3 is 0 Å². The fourth-order valence-electron chi connectivity index (χ4n) is 1.95. The van der Waals surface area contributed by atoms with Gasteiger partial charge in [0.2, 0.25) is 5.91 Å². The SMILES string of the molecule is CCOc1cccc(C(C)NC(=O)C(N)C(C)CC)c1.Cl. The Hall–Kier alpha value is -1.26. The van der Waals surface area contributed by atoms with Crippen molar-refractivity contribution in [1.82, 2.24) is 5.32 Å². The number of hydrogen-bond acceptors (Lipinski definition) is 3. The Bertz CT molecular complexity index is 440. The molecule has 3 N–H and O–H groups in total. The van der Waals surface area contributed by atoms with Crippen molar-refractivity contribution in [3.63, 3.8) is 0 Å². The second-order valence-electron chi connectivity index (χ2n) is 5.15. The molecule has 120 valence electrons. The van der Waals surface area contributed by atoms with E-state index in [-0.39, 0.29) is 30.3 Å². The lowest BCUT2D eigenvalue weighted by Crippen LogP contribution is -2.45. The lowest BCUT2D eigenvalue weighted by molar-refractivity contribution is -0.124. The smallest absolute Gasteiger partial charge is 0.237 e. The van der Waals surface area contributed by atoms with E-state index in [2.05, 4.69) is 5.32 Å². The van der Waals surface area contributed by atoms with Crippen LogP contribution in [0.1, 0.15) is 45.7 Å². The van der Waals surface area contributed by atoms with Gasteiger partial charge in [-0.1, -0.05) is 32.4 Å². The summed E-state index contributed by atoms with van der Waals surface area (Å²) in [7, 11) is 0. The number of ether oxygens (including phenoxy) is 1. The van der Waals surface area contributed by atoms with Gasteiger partial charge in [-0.2, -0.15) is 0 Å². The topological polar surface area (TPSA) is 64.3 Å². The number of rotatable bonds is 7. The van der Waals surface area contributed by atoms with Crippen LogP contribution in [0.2, 0.25) is 0 Å². The van der Waals surface area contributed by atoms with Gasteiger partial charge in [0.15, 0.2) is 0 Å². The highest BCUT2D eigenvalue weighted by atomic mass is 35.5. The van der Waals surface area contributed by atoms with Crippen LogP contribution in [0, 0.1) is 5.92 Å². The number of carbonyl (C=O) groups excluding carboxylic acids is 1. The second kappa shape index (κ2) is 9.64. The molecule has 0 saturated heterocycles. The Morgan fingerprint density at radius 3 is 2.57 bits per heavy atom. The summed E-state index contributed by atoms with van der Waals surface area (Å²) >= 11 is 0. The fraction of sp³-hybridized carbons (Fsp3) is 0.562. The molecule has 3 atom stereocenters. The number of halogens is 1. The molecule has 0 radical (unpaired) electrons. The molecule has 0 aliphatic rings. The first-order valence-corrected chi connectivity index (χ1v) is 7.28. The highest BCUT2D eigenvalue weighted by Gasteiger charge is 2.21. The Kier molecular flexibility index (Phi) is 9.06. The summed E-state index contributed by atoms with van der Waals surface area (Å²) in [5.74, 6) is 0.892. The van der Waals surface area contributed by atoms with Crippen molar-refractivity contribution < 1.29 is 9.53 Å². The summed E-state index contributed by atoms with van der Waals surface area (Å²) in [5, 5.41) is 2.96. The van der Waals surface area contributed by atoms with Gasteiger partial charge in [0.1, 0.15) is 5.75 Å². The van der Waals surface area contributed by atoms with Crippen LogP contribution in [0.25, 0.3) is 0 Å². The minimum atomic E-state index is -0.461. The molecule has 0 aliphatic heterocycles. The summed E-state index contributed by atoms with van der Waals surface area (Å²) in [4.78, 5) is 12.1. The van der Waals surface area contributed by atoms with Gasteiger partial charge in [-0.05, 0) is 37.5 Å². The molecule has 21 heavy (non-hydrogen) atoms. The maximum Gasteiger partial charge on any atom is 0.237 e. The number of amides is 1. The number of nitrogens with one attached hydrogen (secondary N) is 1. The first-order chi connectivity index (χ1) is 9.49. The van der Waals surface area contributed by atoms with Crippen LogP contribution in [-0.4, -0.2) is 18.6 Å². The summed E-state index contributed by atoms with van der Waals surface area (Å²) in [6.07, 6.45) is 0.892. The Morgan fingerprint density at radius 2 is 2.00 bits per heavy atom. The Balaban J connectivity index is 0.00000400. The number of carbonyl (C=O) groups is 1. The molecule has 4 nitrogen and oxygen atoms in total. The van der Waals surface area contributed by atoms with Crippen LogP contribution in [-0.2, 0) is 4.79 Å². The van der Waals surface area contributed by atoms with Crippen LogP contribution >= 0.6 is 12.4 Å². The normalized spacial score (nSPS) is 14.5. The molecular formula is C16H27ClN2O2. The van der Waals surface area contributed by atoms with Gasteiger partial charge in [-0.15, -0.1) is 12.4 Å². The van der Waals surface area contributed by atoms with Crippen LogP contribution in [0.3, 0.4) is 0 Å². The van der Waals surface area contributed by atoms with Gasteiger partial charge in [-0.3, -0.25) is 4.79 Å². The third-order valence-corrected chi connectivity index (χ3v) is 3.59. The first-order valence-electron chi connectivity index (χ1n) is 7.28. The van der Waals surface area contributed by atoms with E-state index >= 15 is 0 Å². The molecule has 5 heteroatoms. The summed E-state index contributed by atoms with van der Waals surface area (Å²) < 4.78 is 5.47. The highest BCUT2D eigenvalue weighted by Crippen LogP contribution is 2.19. The second-order valence-corrected chi connectivity index (χ2v) is 5.15. The van der Waals surface area contributed by atoms with E-state index in [4.69, 9.17) is 10.5 Å². The summed E-state index contributed by atoms with van der Waals surface area (Å²) in [6.45, 7) is 8.55. The third-order valence-electron chi connectivity index (χ3n) is 3.59. The van der Waals surface area contributed by atoms with E-state index in [0.29, 0.717) is 6.61 Å². The molecule has 0 saturated carbocycles. The molecule has 1 amide bonds. The van der Waals surface area contributed by atoms with E-state index < -0.39 is 6.04 Å². The van der Waals surface area contributed by atoms with Crippen molar-refractivity contribution in [2.24, 2.45) is 11.7 Å². The standard InChI is InChI=1S/C16H26N2O2.ClH/c1-5-11(3)15(17)16(19)18-12(4)13-8-7-9-14(10-13)20-6-2;/h7-12,15H,5-6,17H2,1-4H3,(H,18,19);1H. The van der Waals surface area contributed by atoms with Crippen molar-refractivity contribution in [3.05, 3.63) is 29.8 Å². The molecule has 0 aliphatic carbocycles. The van der Waals surface area contributed by atoms with Crippen LogP contribution in [0.15, 0.2) is 24.3 Å². The Labute approximate surface area is 133 Å². The van der Waals surface area contributed by atoms with Crippen molar-refractivity contribution in [2.75, 3.05) is 6.61 Å². The molecule has 0 spiro atoms. The summed E-state index contributed by atoms with van der Waals surface area (Å²) in [6, 6.07) is 7.21. The molecule has 1 rings (SSSR count). The number of benzene rings is 1. The third kappa shape index (κ3) is 5.94. The van der Waals surface area contributed by atoms with Gasteiger partial charge in [-0.25, -0.2) is 0 Å². The van der Waals surface area contributed by atoms with Gasteiger partial charge < -0.3 is 15.8 Å². The van der Waals surface area contributed by atoms with E-state index in [1.54, 1.807) is 0 Å². The maximum atomic E-state index is 12.1. The molecule has 0 fully saturated rings. The highest BCUT2D eigenvalue weighted by molar-refractivity contribution is 5.85. The minimum absolute atomic E-state index is 0. The predicted molar refractivity (Wildman–Crippen MR) is 88.8 cm³/mol. The van der Waals surface area contributed by atoms with Crippen molar-refractivity contribution in [3.8, 4) is 5.75 Å². The lowest BCUT2D eigenvalue weighted by Gasteiger charge is -2.21. The average molecular weight is 315 g/mol.